The van der Waals surface area contributed by atoms with Crippen LogP contribution in [0.25, 0.3) is 16.8 Å². The monoisotopic (exact) mass is 552 g/mol. The van der Waals surface area contributed by atoms with Gasteiger partial charge in [-0.05, 0) is 43.7 Å². The number of sulfonamides is 1. The van der Waals surface area contributed by atoms with Gasteiger partial charge in [-0.1, -0.05) is 73.0 Å². The molecule has 8 heteroatoms. The maximum atomic E-state index is 13.6. The number of rotatable bonds is 8. The Morgan fingerprint density at radius 1 is 1.02 bits per heavy atom. The van der Waals surface area contributed by atoms with Gasteiger partial charge in [0.15, 0.2) is 5.69 Å². The van der Waals surface area contributed by atoms with Crippen molar-refractivity contribution in [2.24, 2.45) is 0 Å². The molecule has 1 N–H and O–H groups in total. The zero-order valence-corrected chi connectivity index (χ0v) is 23.2. The second-order valence-corrected chi connectivity index (χ2v) is 10.2. The molecular weight excluding hydrogens is 524 g/mol. The standard InChI is InChI=1S/C32H28N2O5S/c1-5-7-13-25-22(3)30(20-19-29(25)39-6-2)40(36,37)34-28-16-11-8-12-23(28)17-18-24-21-33-31(32(35)38-4)27-15-10-9-14-26(24)27/h5,7-16,19-21,34H,1,6H2,2-4H3/b13-7-. The summed E-state index contributed by atoms with van der Waals surface area (Å²) in [5.41, 5.74) is 2.79. The fourth-order valence-corrected chi connectivity index (χ4v) is 5.53. The average molecular weight is 553 g/mol. The molecule has 0 spiro atoms. The van der Waals surface area contributed by atoms with Gasteiger partial charge in [0.2, 0.25) is 0 Å². The molecule has 0 amide bonds. The van der Waals surface area contributed by atoms with Crippen LogP contribution in [0.15, 0.2) is 90.5 Å². The van der Waals surface area contributed by atoms with Crippen LogP contribution < -0.4 is 9.46 Å². The average Bonchev–Trinajstić information content (AvgIpc) is 2.95. The van der Waals surface area contributed by atoms with Gasteiger partial charge < -0.3 is 9.47 Å². The lowest BCUT2D eigenvalue weighted by atomic mass is 10.0. The Bertz CT molecular complexity index is 1800. The number of benzene rings is 3. The summed E-state index contributed by atoms with van der Waals surface area (Å²) in [6, 6.07) is 17.3. The summed E-state index contributed by atoms with van der Waals surface area (Å²) < 4.78 is 40.3. The molecule has 0 saturated carbocycles. The summed E-state index contributed by atoms with van der Waals surface area (Å²) in [6.45, 7) is 7.75. The Morgan fingerprint density at radius 2 is 1.73 bits per heavy atom. The number of allylic oxidation sites excluding steroid dienone is 2. The van der Waals surface area contributed by atoms with Crippen molar-refractivity contribution in [1.29, 1.82) is 0 Å². The van der Waals surface area contributed by atoms with E-state index in [1.807, 2.05) is 19.1 Å². The summed E-state index contributed by atoms with van der Waals surface area (Å²) in [5, 5.41) is 1.34. The molecule has 0 atom stereocenters. The number of pyridine rings is 1. The minimum atomic E-state index is -3.98. The predicted octanol–water partition coefficient (Wildman–Crippen LogP) is 6.13. The Balaban J connectivity index is 1.73. The molecule has 3 aromatic carbocycles. The number of anilines is 1. The van der Waals surface area contributed by atoms with E-state index in [1.54, 1.807) is 67.6 Å². The van der Waals surface area contributed by atoms with Gasteiger partial charge in [0.05, 0.1) is 29.9 Å². The highest BCUT2D eigenvalue weighted by molar-refractivity contribution is 7.92. The van der Waals surface area contributed by atoms with Crippen molar-refractivity contribution < 1.29 is 22.7 Å². The van der Waals surface area contributed by atoms with Crippen LogP contribution >= 0.6 is 0 Å². The summed E-state index contributed by atoms with van der Waals surface area (Å²) in [4.78, 5) is 16.5. The van der Waals surface area contributed by atoms with Gasteiger partial charge in [-0.2, -0.15) is 0 Å². The molecule has 0 radical (unpaired) electrons. The number of carbonyl (C=O) groups excluding carboxylic acids is 1. The van der Waals surface area contributed by atoms with Crippen molar-refractivity contribution in [2.45, 2.75) is 18.7 Å². The van der Waals surface area contributed by atoms with Gasteiger partial charge in [-0.15, -0.1) is 0 Å². The number of ether oxygens (including phenoxy) is 2. The van der Waals surface area contributed by atoms with Gasteiger partial charge >= 0.3 is 5.97 Å². The molecule has 40 heavy (non-hydrogen) atoms. The normalized spacial score (nSPS) is 11.1. The van der Waals surface area contributed by atoms with E-state index in [0.29, 0.717) is 45.7 Å². The number of para-hydroxylation sites is 1. The van der Waals surface area contributed by atoms with E-state index in [0.717, 1.165) is 5.39 Å². The minimum Gasteiger partial charge on any atom is -0.493 e. The third-order valence-electron chi connectivity index (χ3n) is 6.09. The second kappa shape index (κ2) is 12.3. The van der Waals surface area contributed by atoms with Crippen LogP contribution in [-0.2, 0) is 14.8 Å². The first-order valence-electron chi connectivity index (χ1n) is 12.5. The number of hydrogen-bond donors (Lipinski definition) is 1. The van der Waals surface area contributed by atoms with Gasteiger partial charge in [-0.3, -0.25) is 4.72 Å². The molecule has 0 aliphatic carbocycles. The predicted molar refractivity (Wildman–Crippen MR) is 158 cm³/mol. The van der Waals surface area contributed by atoms with Crippen molar-refractivity contribution in [3.63, 3.8) is 0 Å². The number of fused-ring (bicyclic) bond motifs is 1. The van der Waals surface area contributed by atoms with E-state index in [9.17, 15) is 13.2 Å². The molecule has 0 unspecified atom stereocenters. The molecule has 4 rings (SSSR count). The maximum absolute atomic E-state index is 13.6. The summed E-state index contributed by atoms with van der Waals surface area (Å²) in [7, 11) is -2.67. The fraction of sp³-hybridized carbons (Fsp3) is 0.125. The molecule has 4 aromatic rings. The topological polar surface area (TPSA) is 94.6 Å². The SMILES string of the molecule is C=C/C=C\c1c(OCC)ccc(S(=O)(=O)Nc2ccccc2C#Cc2cnc(C(=O)OC)c3ccccc23)c1C. The lowest BCUT2D eigenvalue weighted by molar-refractivity contribution is 0.0596. The molecule has 7 nitrogen and oxygen atoms in total. The van der Waals surface area contributed by atoms with Crippen LogP contribution in [0.2, 0.25) is 0 Å². The largest absolute Gasteiger partial charge is 0.493 e. The zero-order chi connectivity index (χ0) is 28.7. The van der Waals surface area contributed by atoms with E-state index in [1.165, 1.54) is 19.4 Å². The van der Waals surface area contributed by atoms with E-state index < -0.39 is 16.0 Å². The number of methoxy groups -OCH3 is 1. The highest BCUT2D eigenvalue weighted by atomic mass is 32.2. The van der Waals surface area contributed by atoms with Gasteiger partial charge in [0.1, 0.15) is 5.75 Å². The highest BCUT2D eigenvalue weighted by Crippen LogP contribution is 2.31. The number of carbonyl (C=O) groups is 1. The van der Waals surface area contributed by atoms with Crippen LogP contribution in [0.1, 0.15) is 39.7 Å². The Kier molecular flexibility index (Phi) is 8.67. The van der Waals surface area contributed by atoms with Gasteiger partial charge in [0, 0.05) is 28.1 Å². The minimum absolute atomic E-state index is 0.121. The van der Waals surface area contributed by atoms with Crippen LogP contribution in [-0.4, -0.2) is 33.1 Å². The first kappa shape index (κ1) is 28.1. The quantitative estimate of drug-likeness (QED) is 0.161. The Hall–Kier alpha value is -4.87. The van der Waals surface area contributed by atoms with Crippen molar-refractivity contribution in [3.8, 4) is 17.6 Å². The smallest absolute Gasteiger partial charge is 0.357 e. The van der Waals surface area contributed by atoms with Gasteiger partial charge in [0.25, 0.3) is 10.0 Å². The molecule has 1 heterocycles. The van der Waals surface area contributed by atoms with E-state index in [-0.39, 0.29) is 10.6 Å². The number of aromatic nitrogens is 1. The number of esters is 1. The Labute approximate surface area is 234 Å². The molecule has 0 aliphatic heterocycles. The molecule has 0 bridgehead atoms. The number of nitrogens with one attached hydrogen (secondary N) is 1. The zero-order valence-electron chi connectivity index (χ0n) is 22.4. The Morgan fingerprint density at radius 3 is 2.45 bits per heavy atom. The molecule has 0 saturated heterocycles. The first-order valence-corrected chi connectivity index (χ1v) is 13.9. The highest BCUT2D eigenvalue weighted by Gasteiger charge is 2.21. The third kappa shape index (κ3) is 5.90. The van der Waals surface area contributed by atoms with E-state index in [2.05, 4.69) is 28.1 Å². The third-order valence-corrected chi connectivity index (χ3v) is 7.60. The van der Waals surface area contributed by atoms with Crippen LogP contribution in [0.5, 0.6) is 5.75 Å². The van der Waals surface area contributed by atoms with Crippen molar-refractivity contribution in [2.75, 3.05) is 18.4 Å². The summed E-state index contributed by atoms with van der Waals surface area (Å²) in [6.07, 6.45) is 6.63. The second-order valence-electron chi connectivity index (χ2n) is 8.59. The van der Waals surface area contributed by atoms with Crippen LogP contribution in [0, 0.1) is 18.8 Å². The molecular formula is C32H28N2O5S. The molecule has 0 aliphatic rings. The first-order chi connectivity index (χ1) is 19.3. The van der Waals surface area contributed by atoms with E-state index >= 15 is 0 Å². The van der Waals surface area contributed by atoms with Gasteiger partial charge in [-0.25, -0.2) is 18.2 Å². The maximum Gasteiger partial charge on any atom is 0.357 e. The molecule has 1 aromatic heterocycles. The number of nitrogens with zero attached hydrogens (tertiary/aromatic N) is 1. The number of hydrogen-bond acceptors (Lipinski definition) is 6. The fourth-order valence-electron chi connectivity index (χ4n) is 4.19. The summed E-state index contributed by atoms with van der Waals surface area (Å²) >= 11 is 0. The van der Waals surface area contributed by atoms with Crippen molar-refractivity contribution >= 4 is 38.5 Å². The summed E-state index contributed by atoms with van der Waals surface area (Å²) in [5.74, 6) is 6.19. The molecule has 202 valence electrons. The lowest BCUT2D eigenvalue weighted by Gasteiger charge is -2.16. The van der Waals surface area contributed by atoms with E-state index in [4.69, 9.17) is 9.47 Å². The van der Waals surface area contributed by atoms with Crippen molar-refractivity contribution in [1.82, 2.24) is 4.98 Å². The van der Waals surface area contributed by atoms with Crippen LogP contribution in [0.4, 0.5) is 5.69 Å². The van der Waals surface area contributed by atoms with Crippen LogP contribution in [0.3, 0.4) is 0 Å². The lowest BCUT2D eigenvalue weighted by Crippen LogP contribution is -2.16. The van der Waals surface area contributed by atoms with Crippen molar-refractivity contribution in [3.05, 3.63) is 114 Å². The molecule has 0 fully saturated rings.